The Morgan fingerprint density at radius 3 is 2.60 bits per heavy atom. The molecule has 0 aliphatic heterocycles. The van der Waals surface area contributed by atoms with Gasteiger partial charge in [0.05, 0.1) is 6.33 Å². The molecule has 0 radical (unpaired) electrons. The monoisotopic (exact) mass is 340 g/mol. The number of hydrogen-bond acceptors (Lipinski definition) is 6. The molecule has 0 fully saturated rings. The second kappa shape index (κ2) is 6.88. The lowest BCUT2D eigenvalue weighted by molar-refractivity contribution is -0.155. The van der Waals surface area contributed by atoms with Crippen LogP contribution in [0.3, 0.4) is 0 Å². The predicted octanol–water partition coefficient (Wildman–Crippen LogP) is 2.75. The summed E-state index contributed by atoms with van der Waals surface area (Å²) < 4.78 is 12.8. The number of carbonyl (C=O) groups is 1. The lowest BCUT2D eigenvalue weighted by Gasteiger charge is -2.19. The number of esters is 1. The van der Waals surface area contributed by atoms with Gasteiger partial charge in [0.15, 0.2) is 11.2 Å². The fourth-order valence-corrected chi connectivity index (χ4v) is 2.35. The van der Waals surface area contributed by atoms with Crippen molar-refractivity contribution in [2.24, 2.45) is 0 Å². The largest absolute Gasteiger partial charge is 0.471 e. The molecular weight excluding hydrogens is 320 g/mol. The third kappa shape index (κ3) is 4.32. The molecule has 0 atom stereocenters. The van der Waals surface area contributed by atoms with Crippen LogP contribution in [-0.2, 0) is 22.7 Å². The summed E-state index contributed by atoms with van der Waals surface area (Å²) in [5.74, 6) is 0.0274. The van der Waals surface area contributed by atoms with E-state index in [0.717, 1.165) is 5.56 Å². The lowest BCUT2D eigenvalue weighted by atomic mass is 10.2. The molecule has 7 heteroatoms. The van der Waals surface area contributed by atoms with Gasteiger partial charge in [0.25, 0.3) is 0 Å². The maximum atomic E-state index is 12.1. The molecule has 25 heavy (non-hydrogen) atoms. The Morgan fingerprint density at radius 2 is 1.88 bits per heavy atom. The number of fused-ring (bicyclic) bond motifs is 1. The van der Waals surface area contributed by atoms with Crippen molar-refractivity contribution in [3.8, 4) is 5.88 Å². The van der Waals surface area contributed by atoms with Gasteiger partial charge in [-0.2, -0.15) is 4.98 Å². The SMILES string of the molecule is CC(C)(C)OC(=O)Cn1cnc2ncnc(OCc3ccccc3)c21. The number of benzene rings is 1. The molecular formula is C18H20N4O3. The minimum Gasteiger partial charge on any atom is -0.471 e. The second-order valence-corrected chi connectivity index (χ2v) is 6.58. The zero-order valence-electron chi connectivity index (χ0n) is 14.5. The van der Waals surface area contributed by atoms with Crippen molar-refractivity contribution in [1.29, 1.82) is 0 Å². The number of imidazole rings is 1. The van der Waals surface area contributed by atoms with Gasteiger partial charge in [-0.05, 0) is 26.3 Å². The molecule has 2 heterocycles. The molecule has 0 bridgehead atoms. The van der Waals surface area contributed by atoms with Gasteiger partial charge in [0, 0.05) is 0 Å². The van der Waals surface area contributed by atoms with Gasteiger partial charge in [-0.25, -0.2) is 9.97 Å². The molecule has 0 N–H and O–H groups in total. The van der Waals surface area contributed by atoms with Crippen LogP contribution in [-0.4, -0.2) is 31.1 Å². The topological polar surface area (TPSA) is 79.1 Å². The van der Waals surface area contributed by atoms with Crippen molar-refractivity contribution in [1.82, 2.24) is 19.5 Å². The van der Waals surface area contributed by atoms with Crippen LogP contribution >= 0.6 is 0 Å². The van der Waals surface area contributed by atoms with E-state index in [0.29, 0.717) is 23.7 Å². The van der Waals surface area contributed by atoms with Crippen LogP contribution in [0.25, 0.3) is 11.2 Å². The Balaban J connectivity index is 1.82. The highest BCUT2D eigenvalue weighted by atomic mass is 16.6. The molecule has 7 nitrogen and oxygen atoms in total. The van der Waals surface area contributed by atoms with Gasteiger partial charge in [-0.3, -0.25) is 4.79 Å². The summed E-state index contributed by atoms with van der Waals surface area (Å²) >= 11 is 0. The Hall–Kier alpha value is -2.96. The Labute approximate surface area is 145 Å². The first-order valence-electron chi connectivity index (χ1n) is 7.97. The molecule has 0 saturated carbocycles. The minimum atomic E-state index is -0.545. The first-order valence-corrected chi connectivity index (χ1v) is 7.97. The summed E-state index contributed by atoms with van der Waals surface area (Å²) in [6, 6.07) is 9.77. The molecule has 0 amide bonds. The van der Waals surface area contributed by atoms with Crippen molar-refractivity contribution in [3.63, 3.8) is 0 Å². The second-order valence-electron chi connectivity index (χ2n) is 6.58. The third-order valence-corrected chi connectivity index (χ3v) is 3.31. The summed E-state index contributed by atoms with van der Waals surface area (Å²) in [5.41, 5.74) is 1.52. The van der Waals surface area contributed by atoms with E-state index in [-0.39, 0.29) is 12.5 Å². The quantitative estimate of drug-likeness (QED) is 0.665. The molecule has 3 aromatic rings. The highest BCUT2D eigenvalue weighted by molar-refractivity contribution is 5.79. The van der Waals surface area contributed by atoms with Crippen molar-refractivity contribution in [3.05, 3.63) is 48.5 Å². The van der Waals surface area contributed by atoms with E-state index in [1.165, 1.54) is 6.33 Å². The van der Waals surface area contributed by atoms with E-state index < -0.39 is 5.60 Å². The first-order chi connectivity index (χ1) is 11.9. The van der Waals surface area contributed by atoms with Gasteiger partial charge >= 0.3 is 5.97 Å². The van der Waals surface area contributed by atoms with Crippen LogP contribution in [0.4, 0.5) is 0 Å². The van der Waals surface area contributed by atoms with Gasteiger partial charge in [-0.1, -0.05) is 30.3 Å². The summed E-state index contributed by atoms with van der Waals surface area (Å²) in [6.07, 6.45) is 2.94. The van der Waals surface area contributed by atoms with Crippen molar-refractivity contribution >= 4 is 17.1 Å². The zero-order chi connectivity index (χ0) is 17.9. The molecule has 0 unspecified atom stereocenters. The molecule has 0 saturated heterocycles. The number of hydrogen-bond donors (Lipinski definition) is 0. The van der Waals surface area contributed by atoms with E-state index in [1.54, 1.807) is 10.9 Å². The molecule has 0 spiro atoms. The summed E-state index contributed by atoms with van der Waals surface area (Å²) in [4.78, 5) is 24.6. The highest BCUT2D eigenvalue weighted by Crippen LogP contribution is 2.22. The summed E-state index contributed by atoms with van der Waals surface area (Å²) in [6.45, 7) is 5.87. The average molecular weight is 340 g/mol. The third-order valence-electron chi connectivity index (χ3n) is 3.31. The maximum Gasteiger partial charge on any atom is 0.326 e. The fourth-order valence-electron chi connectivity index (χ4n) is 2.35. The predicted molar refractivity (Wildman–Crippen MR) is 91.9 cm³/mol. The van der Waals surface area contributed by atoms with Crippen molar-refractivity contribution in [2.75, 3.05) is 0 Å². The molecule has 0 aliphatic carbocycles. The van der Waals surface area contributed by atoms with Gasteiger partial charge in [-0.15, -0.1) is 0 Å². The molecule has 3 rings (SSSR count). The standard InChI is InChI=1S/C18H20N4O3/c1-18(2,3)25-14(23)9-22-12-21-16-15(22)17(20-11-19-16)24-10-13-7-5-4-6-8-13/h4-8,11-12H,9-10H2,1-3H3. The Morgan fingerprint density at radius 1 is 1.12 bits per heavy atom. The van der Waals surface area contributed by atoms with Gasteiger partial charge in [0.1, 0.15) is 25.1 Å². The van der Waals surface area contributed by atoms with Gasteiger partial charge in [0.2, 0.25) is 5.88 Å². The van der Waals surface area contributed by atoms with E-state index in [2.05, 4.69) is 15.0 Å². The normalized spacial score (nSPS) is 11.5. The van der Waals surface area contributed by atoms with Crippen molar-refractivity contribution in [2.45, 2.75) is 39.5 Å². The number of rotatable bonds is 5. The molecule has 1 aromatic carbocycles. The lowest BCUT2D eigenvalue weighted by Crippen LogP contribution is -2.26. The van der Waals surface area contributed by atoms with Crippen LogP contribution in [0.5, 0.6) is 5.88 Å². The van der Waals surface area contributed by atoms with E-state index >= 15 is 0 Å². The van der Waals surface area contributed by atoms with Crippen LogP contribution < -0.4 is 4.74 Å². The average Bonchev–Trinajstić information content (AvgIpc) is 2.96. The first kappa shape index (κ1) is 16.9. The number of nitrogens with zero attached hydrogens (tertiary/aromatic N) is 4. The molecule has 0 aliphatic rings. The van der Waals surface area contributed by atoms with Crippen LogP contribution in [0, 0.1) is 0 Å². The number of carbonyl (C=O) groups excluding carboxylic acids is 1. The summed E-state index contributed by atoms with van der Waals surface area (Å²) in [5, 5.41) is 0. The number of ether oxygens (including phenoxy) is 2. The van der Waals surface area contributed by atoms with Crippen LogP contribution in [0.2, 0.25) is 0 Å². The summed E-state index contributed by atoms with van der Waals surface area (Å²) in [7, 11) is 0. The van der Waals surface area contributed by atoms with Gasteiger partial charge < -0.3 is 14.0 Å². The highest BCUT2D eigenvalue weighted by Gasteiger charge is 2.19. The number of aromatic nitrogens is 4. The molecule has 2 aromatic heterocycles. The fraction of sp³-hybridized carbons (Fsp3) is 0.333. The van der Waals surface area contributed by atoms with Crippen LogP contribution in [0.1, 0.15) is 26.3 Å². The maximum absolute atomic E-state index is 12.1. The Bertz CT molecular complexity index is 869. The van der Waals surface area contributed by atoms with E-state index in [4.69, 9.17) is 9.47 Å². The Kier molecular flexibility index (Phi) is 4.65. The zero-order valence-corrected chi connectivity index (χ0v) is 14.5. The smallest absolute Gasteiger partial charge is 0.326 e. The van der Waals surface area contributed by atoms with E-state index in [1.807, 2.05) is 51.1 Å². The van der Waals surface area contributed by atoms with E-state index in [9.17, 15) is 4.79 Å². The minimum absolute atomic E-state index is 0.0167. The molecule has 130 valence electrons. The van der Waals surface area contributed by atoms with Crippen molar-refractivity contribution < 1.29 is 14.3 Å². The van der Waals surface area contributed by atoms with Crippen LogP contribution in [0.15, 0.2) is 43.0 Å².